The van der Waals surface area contributed by atoms with Gasteiger partial charge < -0.3 is 10.8 Å². The number of rotatable bonds is 4. The van der Waals surface area contributed by atoms with Crippen LogP contribution in [0.25, 0.3) is 0 Å². The average molecular weight is 212 g/mol. The normalized spacial score (nSPS) is 12.8. The van der Waals surface area contributed by atoms with Gasteiger partial charge in [0.25, 0.3) is 0 Å². The third-order valence-corrected chi connectivity index (χ3v) is 3.21. The first kappa shape index (κ1) is 11.3. The molecule has 0 aromatic carbocycles. The van der Waals surface area contributed by atoms with Crippen LogP contribution in [0.5, 0.6) is 0 Å². The predicted molar refractivity (Wildman–Crippen MR) is 60.4 cm³/mol. The van der Waals surface area contributed by atoms with Gasteiger partial charge in [-0.25, -0.2) is 4.98 Å². The van der Waals surface area contributed by atoms with Crippen molar-refractivity contribution in [2.24, 2.45) is 5.92 Å². The fourth-order valence-electron chi connectivity index (χ4n) is 0.900. The number of hydrogen-bond donors (Lipinski definition) is 2. The highest BCUT2D eigenvalue weighted by Crippen LogP contribution is 2.21. The molecule has 1 aromatic rings. The molecule has 4 heteroatoms. The second-order valence-electron chi connectivity index (χ2n) is 3.48. The minimum Gasteiger partial charge on any atom is -0.397 e. The first-order valence-corrected chi connectivity index (χ1v) is 5.57. The maximum Gasteiger partial charge on any atom is 0.0964 e. The summed E-state index contributed by atoms with van der Waals surface area (Å²) in [5, 5.41) is 9.83. The van der Waals surface area contributed by atoms with Crippen molar-refractivity contribution in [1.82, 2.24) is 4.98 Å². The van der Waals surface area contributed by atoms with E-state index < -0.39 is 0 Å². The molecule has 0 aliphatic heterocycles. The SMILES string of the molecule is Cc1cc(SCC(C)CO)ncc1N. The Bertz CT molecular complexity index is 304. The van der Waals surface area contributed by atoms with Gasteiger partial charge in [0.2, 0.25) is 0 Å². The fraction of sp³-hybridized carbons (Fsp3) is 0.500. The molecule has 0 spiro atoms. The third kappa shape index (κ3) is 3.20. The molecule has 1 rings (SSSR count). The zero-order valence-corrected chi connectivity index (χ0v) is 9.34. The van der Waals surface area contributed by atoms with Crippen molar-refractivity contribution in [2.75, 3.05) is 18.1 Å². The molecule has 1 unspecified atom stereocenters. The number of nitrogens with zero attached hydrogens (tertiary/aromatic N) is 1. The number of aliphatic hydroxyl groups excluding tert-OH is 1. The maximum atomic E-state index is 8.86. The van der Waals surface area contributed by atoms with Crippen molar-refractivity contribution >= 4 is 17.4 Å². The smallest absolute Gasteiger partial charge is 0.0964 e. The summed E-state index contributed by atoms with van der Waals surface area (Å²) in [6, 6.07) is 1.98. The van der Waals surface area contributed by atoms with E-state index in [-0.39, 0.29) is 6.61 Å². The number of aliphatic hydroxyl groups is 1. The van der Waals surface area contributed by atoms with E-state index in [1.54, 1.807) is 18.0 Å². The van der Waals surface area contributed by atoms with Crippen molar-refractivity contribution in [3.63, 3.8) is 0 Å². The lowest BCUT2D eigenvalue weighted by Crippen LogP contribution is -2.03. The van der Waals surface area contributed by atoms with Gasteiger partial charge in [0.1, 0.15) is 0 Å². The molecule has 78 valence electrons. The van der Waals surface area contributed by atoms with Gasteiger partial charge in [-0.15, -0.1) is 11.8 Å². The lowest BCUT2D eigenvalue weighted by molar-refractivity contribution is 0.250. The quantitative estimate of drug-likeness (QED) is 0.746. The first-order chi connectivity index (χ1) is 6.63. The van der Waals surface area contributed by atoms with Gasteiger partial charge >= 0.3 is 0 Å². The second-order valence-corrected chi connectivity index (χ2v) is 4.52. The number of pyridine rings is 1. The molecule has 1 atom stereocenters. The van der Waals surface area contributed by atoms with Crippen LogP contribution in [0.4, 0.5) is 5.69 Å². The molecular weight excluding hydrogens is 196 g/mol. The number of thioether (sulfide) groups is 1. The predicted octanol–water partition coefficient (Wildman–Crippen LogP) is 1.69. The van der Waals surface area contributed by atoms with Crippen LogP contribution in [0.15, 0.2) is 17.3 Å². The minimum absolute atomic E-state index is 0.223. The van der Waals surface area contributed by atoms with Gasteiger partial charge in [-0.2, -0.15) is 0 Å². The Morgan fingerprint density at radius 3 is 2.93 bits per heavy atom. The number of nitrogen functional groups attached to an aromatic ring is 1. The van der Waals surface area contributed by atoms with E-state index >= 15 is 0 Å². The molecule has 0 saturated heterocycles. The monoisotopic (exact) mass is 212 g/mol. The summed E-state index contributed by atoms with van der Waals surface area (Å²) in [6.07, 6.45) is 1.68. The molecule has 0 amide bonds. The maximum absolute atomic E-state index is 8.86. The summed E-state index contributed by atoms with van der Waals surface area (Å²) in [6.45, 7) is 4.20. The van der Waals surface area contributed by atoms with Crippen LogP contribution in [-0.2, 0) is 0 Å². The van der Waals surface area contributed by atoms with Crippen LogP contribution in [0, 0.1) is 12.8 Å². The lowest BCUT2D eigenvalue weighted by atomic mass is 10.2. The van der Waals surface area contributed by atoms with Crippen molar-refractivity contribution in [3.05, 3.63) is 17.8 Å². The van der Waals surface area contributed by atoms with Crippen molar-refractivity contribution in [2.45, 2.75) is 18.9 Å². The Hall–Kier alpha value is -0.740. The number of anilines is 1. The van der Waals surface area contributed by atoms with Gasteiger partial charge in [-0.05, 0) is 24.5 Å². The summed E-state index contributed by atoms with van der Waals surface area (Å²) >= 11 is 1.65. The third-order valence-electron chi connectivity index (χ3n) is 1.95. The Kier molecular flexibility index (Phi) is 4.22. The summed E-state index contributed by atoms with van der Waals surface area (Å²) < 4.78 is 0. The Balaban J connectivity index is 2.55. The van der Waals surface area contributed by atoms with Crippen LogP contribution in [0.3, 0.4) is 0 Å². The largest absolute Gasteiger partial charge is 0.397 e. The number of aryl methyl sites for hydroxylation is 1. The van der Waals surface area contributed by atoms with E-state index in [1.165, 1.54) is 0 Å². The van der Waals surface area contributed by atoms with Gasteiger partial charge in [0.15, 0.2) is 0 Å². The fourth-order valence-corrected chi connectivity index (χ4v) is 1.85. The molecule has 0 aliphatic rings. The summed E-state index contributed by atoms with van der Waals surface area (Å²) in [4.78, 5) is 4.20. The average Bonchev–Trinajstić information content (AvgIpc) is 2.19. The topological polar surface area (TPSA) is 59.1 Å². The van der Waals surface area contributed by atoms with E-state index in [9.17, 15) is 0 Å². The molecule has 3 N–H and O–H groups in total. The Morgan fingerprint density at radius 2 is 2.36 bits per heavy atom. The number of nitrogens with two attached hydrogens (primary N) is 1. The van der Waals surface area contributed by atoms with E-state index in [0.717, 1.165) is 22.0 Å². The van der Waals surface area contributed by atoms with Crippen LogP contribution in [0.1, 0.15) is 12.5 Å². The molecular formula is C10H16N2OS. The van der Waals surface area contributed by atoms with Gasteiger partial charge in [-0.1, -0.05) is 6.92 Å². The van der Waals surface area contributed by atoms with E-state index in [1.807, 2.05) is 19.9 Å². The van der Waals surface area contributed by atoms with Gasteiger partial charge in [0.05, 0.1) is 16.9 Å². The van der Waals surface area contributed by atoms with Crippen LogP contribution in [0.2, 0.25) is 0 Å². The molecule has 0 radical (unpaired) electrons. The Morgan fingerprint density at radius 1 is 1.64 bits per heavy atom. The standard InChI is InChI=1S/C10H16N2OS/c1-7(5-13)6-14-10-3-8(2)9(11)4-12-10/h3-4,7,13H,5-6,11H2,1-2H3. The van der Waals surface area contributed by atoms with E-state index in [2.05, 4.69) is 4.98 Å². The minimum atomic E-state index is 0.223. The van der Waals surface area contributed by atoms with Gasteiger partial charge in [0, 0.05) is 12.4 Å². The molecule has 3 nitrogen and oxygen atoms in total. The zero-order chi connectivity index (χ0) is 10.6. The molecule has 1 heterocycles. The number of hydrogen-bond acceptors (Lipinski definition) is 4. The van der Waals surface area contributed by atoms with Crippen LogP contribution >= 0.6 is 11.8 Å². The molecule has 0 fully saturated rings. The summed E-state index contributed by atoms with van der Waals surface area (Å²) in [7, 11) is 0. The summed E-state index contributed by atoms with van der Waals surface area (Å²) in [5.74, 6) is 1.19. The highest BCUT2D eigenvalue weighted by molar-refractivity contribution is 7.99. The molecule has 1 aromatic heterocycles. The molecule has 0 saturated carbocycles. The zero-order valence-electron chi connectivity index (χ0n) is 8.53. The van der Waals surface area contributed by atoms with Crippen molar-refractivity contribution < 1.29 is 5.11 Å². The second kappa shape index (κ2) is 5.22. The lowest BCUT2D eigenvalue weighted by Gasteiger charge is -2.07. The molecule has 14 heavy (non-hydrogen) atoms. The van der Waals surface area contributed by atoms with Crippen LogP contribution in [-0.4, -0.2) is 22.5 Å². The number of aromatic nitrogens is 1. The highest BCUT2D eigenvalue weighted by atomic mass is 32.2. The van der Waals surface area contributed by atoms with E-state index in [4.69, 9.17) is 10.8 Å². The first-order valence-electron chi connectivity index (χ1n) is 4.59. The van der Waals surface area contributed by atoms with Crippen LogP contribution < -0.4 is 5.73 Å². The molecule has 0 aliphatic carbocycles. The van der Waals surface area contributed by atoms with Crippen molar-refractivity contribution in [1.29, 1.82) is 0 Å². The van der Waals surface area contributed by atoms with Crippen molar-refractivity contribution in [3.8, 4) is 0 Å². The molecule has 0 bridgehead atoms. The summed E-state index contributed by atoms with van der Waals surface area (Å²) in [5.41, 5.74) is 7.44. The van der Waals surface area contributed by atoms with Gasteiger partial charge in [-0.3, -0.25) is 0 Å². The van der Waals surface area contributed by atoms with E-state index in [0.29, 0.717) is 5.92 Å². The Labute approximate surface area is 88.7 Å². The highest BCUT2D eigenvalue weighted by Gasteiger charge is 2.03.